The molecule has 1 unspecified atom stereocenters. The molecule has 2 aromatic rings. The maximum absolute atomic E-state index is 13.9. The average Bonchev–Trinajstić information content (AvgIpc) is 2.36. The Kier molecular flexibility index (Phi) is 4.58. The van der Waals surface area contributed by atoms with E-state index < -0.39 is 17.7 Å². The normalized spacial score (nSPS) is 12.5. The topological polar surface area (TPSA) is 20.2 Å². The molecule has 0 saturated carbocycles. The molecule has 0 saturated heterocycles. The lowest BCUT2D eigenvalue weighted by molar-refractivity contribution is 0.213. The van der Waals surface area contributed by atoms with Crippen molar-refractivity contribution in [1.29, 1.82) is 0 Å². The van der Waals surface area contributed by atoms with Gasteiger partial charge in [-0.3, -0.25) is 0 Å². The summed E-state index contributed by atoms with van der Waals surface area (Å²) in [6.07, 6.45) is -1.19. The van der Waals surface area contributed by atoms with Crippen molar-refractivity contribution in [2.24, 2.45) is 0 Å². The second kappa shape index (κ2) is 5.85. The van der Waals surface area contributed by atoms with Crippen molar-refractivity contribution in [2.75, 3.05) is 0 Å². The van der Waals surface area contributed by atoms with Gasteiger partial charge in [-0.1, -0.05) is 15.9 Å². The highest BCUT2D eigenvalue weighted by atomic mass is 127. The summed E-state index contributed by atoms with van der Waals surface area (Å²) in [7, 11) is 0. The lowest BCUT2D eigenvalue weighted by Gasteiger charge is -2.15. The molecule has 2 rings (SSSR count). The third-order valence-electron chi connectivity index (χ3n) is 2.83. The van der Waals surface area contributed by atoms with E-state index in [-0.39, 0.29) is 11.1 Å². The lowest BCUT2D eigenvalue weighted by Crippen LogP contribution is -2.06. The Labute approximate surface area is 131 Å². The summed E-state index contributed by atoms with van der Waals surface area (Å²) >= 11 is 5.35. The molecular weight excluding hydrogens is 429 g/mol. The van der Waals surface area contributed by atoms with Gasteiger partial charge in [-0.25, -0.2) is 8.78 Å². The fourth-order valence-electron chi connectivity index (χ4n) is 1.76. The molecule has 0 aliphatic heterocycles. The first-order valence-corrected chi connectivity index (χ1v) is 7.36. The minimum absolute atomic E-state index is 0.0564. The van der Waals surface area contributed by atoms with E-state index in [1.54, 1.807) is 12.1 Å². The van der Waals surface area contributed by atoms with Gasteiger partial charge in [-0.15, -0.1) is 0 Å². The van der Waals surface area contributed by atoms with Crippen molar-refractivity contribution in [3.05, 3.63) is 66.7 Å². The van der Waals surface area contributed by atoms with Gasteiger partial charge >= 0.3 is 0 Å². The Morgan fingerprint density at radius 2 is 1.79 bits per heavy atom. The molecule has 0 fully saturated rings. The van der Waals surface area contributed by atoms with Crippen molar-refractivity contribution in [2.45, 2.75) is 13.0 Å². The maximum Gasteiger partial charge on any atom is 0.129 e. The Morgan fingerprint density at radius 1 is 1.11 bits per heavy atom. The van der Waals surface area contributed by atoms with Crippen LogP contribution in [0.2, 0.25) is 0 Å². The van der Waals surface area contributed by atoms with Crippen LogP contribution in [0.25, 0.3) is 0 Å². The quantitative estimate of drug-likeness (QED) is 0.672. The van der Waals surface area contributed by atoms with E-state index in [0.29, 0.717) is 5.56 Å². The van der Waals surface area contributed by atoms with Crippen LogP contribution < -0.4 is 0 Å². The van der Waals surface area contributed by atoms with E-state index in [9.17, 15) is 13.9 Å². The van der Waals surface area contributed by atoms with Crippen molar-refractivity contribution in [3.63, 3.8) is 0 Å². The number of hydrogen-bond donors (Lipinski definition) is 1. The number of halogens is 4. The zero-order valence-corrected chi connectivity index (χ0v) is 13.7. The van der Waals surface area contributed by atoms with Gasteiger partial charge in [0.2, 0.25) is 0 Å². The van der Waals surface area contributed by atoms with Gasteiger partial charge in [0, 0.05) is 13.6 Å². The molecule has 0 aromatic heterocycles. The predicted octanol–water partition coefficient (Wildman–Crippen LogP) is 4.72. The fraction of sp³-hybridized carbons (Fsp3) is 0.143. The first kappa shape index (κ1) is 14.9. The molecular formula is C14H10BrF2IO. The maximum atomic E-state index is 13.9. The van der Waals surface area contributed by atoms with Gasteiger partial charge < -0.3 is 5.11 Å². The number of rotatable bonds is 2. The van der Waals surface area contributed by atoms with Crippen LogP contribution in [0, 0.1) is 22.1 Å². The van der Waals surface area contributed by atoms with Crippen LogP contribution in [0.4, 0.5) is 8.78 Å². The summed E-state index contributed by atoms with van der Waals surface area (Å²) in [5.74, 6) is -1.14. The molecule has 1 atom stereocenters. The number of aliphatic hydroxyl groups is 1. The molecule has 0 spiro atoms. The van der Waals surface area contributed by atoms with Crippen LogP contribution in [-0.2, 0) is 0 Å². The van der Waals surface area contributed by atoms with Crippen LogP contribution in [0.5, 0.6) is 0 Å². The fourth-order valence-corrected chi connectivity index (χ4v) is 2.77. The lowest BCUT2D eigenvalue weighted by atomic mass is 9.99. The molecule has 19 heavy (non-hydrogen) atoms. The molecule has 0 aliphatic carbocycles. The Hall–Kier alpha value is -0.530. The van der Waals surface area contributed by atoms with Crippen LogP contribution in [0.3, 0.4) is 0 Å². The number of aliphatic hydroxyl groups excluding tert-OH is 1. The average molecular weight is 439 g/mol. The molecule has 1 nitrogen and oxygen atoms in total. The monoisotopic (exact) mass is 438 g/mol. The standard InChI is InChI=1S/C14H10BrF2IO/c1-7-4-12(17)9(6-11(7)16)14(19)10-5-8(15)2-3-13(10)18/h2-6,14,19H,1H3. The van der Waals surface area contributed by atoms with Gasteiger partial charge in [0.25, 0.3) is 0 Å². The summed E-state index contributed by atoms with van der Waals surface area (Å²) < 4.78 is 28.9. The van der Waals surface area contributed by atoms with Crippen LogP contribution in [0.15, 0.2) is 34.8 Å². The van der Waals surface area contributed by atoms with Gasteiger partial charge in [-0.05, 0) is 71.0 Å². The molecule has 0 aliphatic rings. The SMILES string of the molecule is Cc1cc(F)c(C(O)c2cc(Br)ccc2I)cc1F. The molecule has 1 N–H and O–H groups in total. The number of hydrogen-bond acceptors (Lipinski definition) is 1. The van der Waals surface area contributed by atoms with E-state index in [0.717, 1.165) is 20.2 Å². The van der Waals surface area contributed by atoms with E-state index in [1.165, 1.54) is 6.92 Å². The summed E-state index contributed by atoms with van der Waals surface area (Å²) in [5, 5.41) is 10.3. The minimum atomic E-state index is -1.19. The van der Waals surface area contributed by atoms with Gasteiger partial charge in [-0.2, -0.15) is 0 Å². The van der Waals surface area contributed by atoms with Crippen molar-refractivity contribution < 1.29 is 13.9 Å². The first-order chi connectivity index (χ1) is 8.90. The molecule has 5 heteroatoms. The Morgan fingerprint density at radius 3 is 2.47 bits per heavy atom. The van der Waals surface area contributed by atoms with Gasteiger partial charge in [0.15, 0.2) is 0 Å². The van der Waals surface area contributed by atoms with Crippen molar-refractivity contribution in [1.82, 2.24) is 0 Å². The number of aryl methyl sites for hydroxylation is 1. The molecule has 0 heterocycles. The second-order valence-corrected chi connectivity index (χ2v) is 6.27. The van der Waals surface area contributed by atoms with Crippen molar-refractivity contribution in [3.8, 4) is 0 Å². The largest absolute Gasteiger partial charge is 0.384 e. The number of benzene rings is 2. The van der Waals surface area contributed by atoms with E-state index >= 15 is 0 Å². The summed E-state index contributed by atoms with van der Waals surface area (Å²) in [5.41, 5.74) is 0.702. The van der Waals surface area contributed by atoms with Gasteiger partial charge in [0.05, 0.1) is 0 Å². The zero-order chi connectivity index (χ0) is 14.2. The Balaban J connectivity index is 2.52. The third kappa shape index (κ3) is 3.14. The zero-order valence-electron chi connectivity index (χ0n) is 9.92. The first-order valence-electron chi connectivity index (χ1n) is 5.48. The summed E-state index contributed by atoms with van der Waals surface area (Å²) in [4.78, 5) is 0. The molecule has 0 amide bonds. The van der Waals surface area contributed by atoms with E-state index in [1.807, 2.05) is 28.7 Å². The molecule has 2 aromatic carbocycles. The highest BCUT2D eigenvalue weighted by Crippen LogP contribution is 2.31. The summed E-state index contributed by atoms with van der Waals surface area (Å²) in [6, 6.07) is 7.46. The summed E-state index contributed by atoms with van der Waals surface area (Å²) in [6.45, 7) is 1.48. The van der Waals surface area contributed by atoms with Crippen LogP contribution in [0.1, 0.15) is 22.8 Å². The third-order valence-corrected chi connectivity index (χ3v) is 4.30. The molecule has 0 radical (unpaired) electrons. The highest BCUT2D eigenvalue weighted by molar-refractivity contribution is 14.1. The van der Waals surface area contributed by atoms with Gasteiger partial charge in [0.1, 0.15) is 17.7 Å². The van der Waals surface area contributed by atoms with Crippen LogP contribution >= 0.6 is 38.5 Å². The smallest absolute Gasteiger partial charge is 0.129 e. The molecule has 100 valence electrons. The minimum Gasteiger partial charge on any atom is -0.384 e. The predicted molar refractivity (Wildman–Crippen MR) is 82.0 cm³/mol. The van der Waals surface area contributed by atoms with E-state index in [2.05, 4.69) is 15.9 Å². The second-order valence-electron chi connectivity index (χ2n) is 4.19. The van der Waals surface area contributed by atoms with E-state index in [4.69, 9.17) is 0 Å². The highest BCUT2D eigenvalue weighted by Gasteiger charge is 2.19. The van der Waals surface area contributed by atoms with Crippen molar-refractivity contribution >= 4 is 38.5 Å². The molecule has 0 bridgehead atoms. The Bertz CT molecular complexity index is 631. The van der Waals surface area contributed by atoms with Crippen LogP contribution in [-0.4, -0.2) is 5.11 Å².